The third-order valence-corrected chi connectivity index (χ3v) is 16.1. The van der Waals surface area contributed by atoms with Crippen LogP contribution in [0.1, 0.15) is 85.5 Å². The minimum absolute atomic E-state index is 0.00231. The van der Waals surface area contributed by atoms with Gasteiger partial charge in [0.15, 0.2) is 18.4 Å². The molecule has 2 aromatic carbocycles. The Bertz CT molecular complexity index is 1970. The van der Waals surface area contributed by atoms with Crippen LogP contribution in [0.25, 0.3) is 0 Å². The van der Waals surface area contributed by atoms with Gasteiger partial charge in [-0.05, 0) is 139 Å². The summed E-state index contributed by atoms with van der Waals surface area (Å²) in [5.41, 5.74) is 1.41. The number of nitrogens with one attached hydrogen (secondary N) is 1. The molecule has 0 bridgehead atoms. The van der Waals surface area contributed by atoms with Gasteiger partial charge in [0.2, 0.25) is 0 Å². The van der Waals surface area contributed by atoms with Crippen LogP contribution in [-0.2, 0) is 47.5 Å². The Labute approximate surface area is 397 Å². The number of ketones is 1. The number of aliphatic hydroxyl groups is 1. The fourth-order valence-corrected chi connectivity index (χ4v) is 12.6. The third-order valence-electron chi connectivity index (χ3n) is 16.1. The summed E-state index contributed by atoms with van der Waals surface area (Å²) >= 11 is 0. The van der Waals surface area contributed by atoms with Crippen LogP contribution in [0.15, 0.2) is 66.2 Å². The predicted octanol–water partition coefficient (Wildman–Crippen LogP) is 7.57. The number of hydrogen-bond acceptors (Lipinski definition) is 14. The highest BCUT2D eigenvalue weighted by Crippen LogP contribution is 2.57. The second-order valence-corrected chi connectivity index (χ2v) is 20.2. The second-order valence-electron chi connectivity index (χ2n) is 20.2. The van der Waals surface area contributed by atoms with Gasteiger partial charge >= 0.3 is 5.97 Å². The van der Waals surface area contributed by atoms with E-state index >= 15 is 4.79 Å². The molecule has 370 valence electrons. The Balaban J connectivity index is 1.10. The minimum atomic E-state index is -0.929. The molecule has 3 saturated heterocycles. The van der Waals surface area contributed by atoms with Gasteiger partial charge < -0.3 is 58.0 Å². The SMILES string of the molecule is CC[C@H]1CCC[C@H](O[C@H]2CC[C@H](N(C)C)C(C)O2)[C@@H](C)C(=O)C2=C[C@H]3[C@@H]4C[C@H](O[C@@H]5OC(C)[C@H](OC)C(OC)[C@@H]5OC)C[C@H]4[C@H](Nc4ccc(Oc5ccccc5)cc4)[C@@H](O)[C@H]3[C@@H]2CC(=O)O1. The van der Waals surface area contributed by atoms with E-state index in [1.54, 1.807) is 21.3 Å². The van der Waals surface area contributed by atoms with E-state index in [1.807, 2.05) is 75.4 Å². The van der Waals surface area contributed by atoms with Crippen LogP contribution in [0.4, 0.5) is 5.69 Å². The lowest BCUT2D eigenvalue weighted by molar-refractivity contribution is -0.314. The van der Waals surface area contributed by atoms with Crippen LogP contribution in [0, 0.1) is 35.5 Å². The van der Waals surface area contributed by atoms with Crippen molar-refractivity contribution in [2.24, 2.45) is 35.5 Å². The molecule has 0 aromatic heterocycles. The zero-order valence-electron chi connectivity index (χ0n) is 41.0. The van der Waals surface area contributed by atoms with E-state index < -0.39 is 60.8 Å². The molecule has 5 fully saturated rings. The number of fused-ring (bicyclic) bond motifs is 5. The van der Waals surface area contributed by atoms with Crippen molar-refractivity contribution in [2.45, 2.75) is 165 Å². The van der Waals surface area contributed by atoms with Crippen molar-refractivity contribution in [3.63, 3.8) is 0 Å². The van der Waals surface area contributed by atoms with Gasteiger partial charge in [-0.2, -0.15) is 0 Å². The van der Waals surface area contributed by atoms with Crippen molar-refractivity contribution < 1.29 is 57.3 Å². The van der Waals surface area contributed by atoms with Gasteiger partial charge in [0, 0.05) is 50.8 Å². The third kappa shape index (κ3) is 10.8. The molecule has 8 rings (SSSR count). The molecule has 19 atom stereocenters. The lowest BCUT2D eigenvalue weighted by atomic mass is 9.62. The van der Waals surface area contributed by atoms with Crippen LogP contribution >= 0.6 is 0 Å². The Morgan fingerprint density at radius 3 is 2.16 bits per heavy atom. The molecule has 6 aliphatic rings. The summed E-state index contributed by atoms with van der Waals surface area (Å²) in [6.07, 6.45) is 3.10. The van der Waals surface area contributed by atoms with Crippen molar-refractivity contribution in [2.75, 3.05) is 40.7 Å². The van der Waals surface area contributed by atoms with E-state index in [0.29, 0.717) is 43.4 Å². The maximum Gasteiger partial charge on any atom is 0.306 e. The zero-order valence-corrected chi connectivity index (χ0v) is 41.0. The first-order valence-electron chi connectivity index (χ1n) is 24.9. The molecule has 3 unspecified atom stereocenters. The van der Waals surface area contributed by atoms with Crippen LogP contribution in [-0.4, -0.2) is 137 Å². The molecule has 2 N–H and O–H groups in total. The van der Waals surface area contributed by atoms with E-state index in [4.69, 9.17) is 42.6 Å². The molecule has 67 heavy (non-hydrogen) atoms. The molecule has 3 aliphatic heterocycles. The Morgan fingerprint density at radius 2 is 1.49 bits per heavy atom. The number of nitrogens with zero attached hydrogens (tertiary/aromatic N) is 1. The molecule has 14 nitrogen and oxygen atoms in total. The van der Waals surface area contributed by atoms with Crippen molar-refractivity contribution in [1.29, 1.82) is 0 Å². The highest BCUT2D eigenvalue weighted by atomic mass is 16.7. The molecular formula is C53H76N2O12. The Kier molecular flexibility index (Phi) is 16.5. The average molecular weight is 933 g/mol. The van der Waals surface area contributed by atoms with E-state index in [0.717, 1.165) is 30.7 Å². The van der Waals surface area contributed by atoms with Crippen LogP contribution in [0.2, 0.25) is 0 Å². The topological polar surface area (TPSA) is 153 Å². The van der Waals surface area contributed by atoms with Crippen molar-refractivity contribution in [1.82, 2.24) is 4.90 Å². The molecule has 2 saturated carbocycles. The molecule has 3 aliphatic carbocycles. The van der Waals surface area contributed by atoms with Crippen LogP contribution in [0.5, 0.6) is 11.5 Å². The normalized spacial score (nSPS) is 40.4. The zero-order chi connectivity index (χ0) is 47.5. The van der Waals surface area contributed by atoms with Crippen molar-refractivity contribution in [3.05, 3.63) is 66.2 Å². The summed E-state index contributed by atoms with van der Waals surface area (Å²) in [5.74, 6) is -0.744. The van der Waals surface area contributed by atoms with Gasteiger partial charge in [0.1, 0.15) is 35.9 Å². The number of anilines is 1. The number of esters is 1. The number of carbonyl (C=O) groups is 2. The summed E-state index contributed by atoms with van der Waals surface area (Å²) in [6.45, 7) is 8.05. The Morgan fingerprint density at radius 1 is 0.791 bits per heavy atom. The number of para-hydroxylation sites is 1. The minimum Gasteiger partial charge on any atom is -0.462 e. The number of ether oxygens (including phenoxy) is 9. The predicted molar refractivity (Wildman–Crippen MR) is 251 cm³/mol. The molecular weight excluding hydrogens is 857 g/mol. The number of Topliss-reactive ketones (excluding diaryl/α,β-unsaturated/α-hetero) is 1. The maximum atomic E-state index is 15.2. The van der Waals surface area contributed by atoms with Crippen LogP contribution in [0.3, 0.4) is 0 Å². The number of likely N-dealkylation sites (N-methyl/N-ethyl adjacent to an activating group) is 1. The molecule has 2 aromatic rings. The smallest absolute Gasteiger partial charge is 0.306 e. The number of carbonyl (C=O) groups excluding carboxylic acids is 2. The number of benzene rings is 2. The van der Waals surface area contributed by atoms with Gasteiger partial charge in [0.25, 0.3) is 0 Å². The number of methoxy groups -OCH3 is 3. The van der Waals surface area contributed by atoms with Crippen molar-refractivity contribution in [3.8, 4) is 11.5 Å². The van der Waals surface area contributed by atoms with Crippen LogP contribution < -0.4 is 10.1 Å². The molecule has 3 heterocycles. The van der Waals surface area contributed by atoms with Crippen molar-refractivity contribution >= 4 is 17.4 Å². The number of hydrogen-bond donors (Lipinski definition) is 2. The lowest BCUT2D eigenvalue weighted by Gasteiger charge is -2.47. The first kappa shape index (κ1) is 50.0. The summed E-state index contributed by atoms with van der Waals surface area (Å²) in [4.78, 5) is 31.5. The van der Waals surface area contributed by atoms with E-state index in [9.17, 15) is 9.90 Å². The summed E-state index contributed by atoms with van der Waals surface area (Å²) in [7, 11) is 9.06. The number of cyclic esters (lactones) is 1. The van der Waals surface area contributed by atoms with Gasteiger partial charge in [-0.25, -0.2) is 0 Å². The highest BCUT2D eigenvalue weighted by molar-refractivity contribution is 5.99. The van der Waals surface area contributed by atoms with E-state index in [1.165, 1.54) is 0 Å². The number of allylic oxidation sites excluding steroid dienone is 2. The molecule has 14 heteroatoms. The molecule has 0 amide bonds. The summed E-state index contributed by atoms with van der Waals surface area (Å²) in [5, 5.41) is 16.7. The maximum absolute atomic E-state index is 15.2. The first-order chi connectivity index (χ1) is 32.3. The fourth-order valence-electron chi connectivity index (χ4n) is 12.6. The average Bonchev–Trinajstić information content (AvgIpc) is 3.91. The van der Waals surface area contributed by atoms with Gasteiger partial charge in [-0.1, -0.05) is 38.1 Å². The van der Waals surface area contributed by atoms with Gasteiger partial charge in [0.05, 0.1) is 43.0 Å². The molecule has 0 spiro atoms. The van der Waals surface area contributed by atoms with E-state index in [2.05, 4.69) is 37.3 Å². The van der Waals surface area contributed by atoms with E-state index in [-0.39, 0.29) is 72.5 Å². The summed E-state index contributed by atoms with van der Waals surface area (Å²) in [6, 6.07) is 17.2. The molecule has 0 radical (unpaired) electrons. The summed E-state index contributed by atoms with van der Waals surface area (Å²) < 4.78 is 56.6. The standard InChI is InChI=1S/C53H76N2O12/c1-10-33-17-14-18-43(67-45-24-23-42(55(5)6)30(3)62-45)29(2)48(57)41-27-38-37-25-36(66-53-52(61-9)51(60-8)50(59-7)31(4)63-53)26-40(37)47(49(58)46(38)39(41)28-44(56)65-33)54-32-19-21-35(22-20-32)64-34-15-12-11-13-16-34/h11-13,15-16,19-22,27,29-31,33,36-40,42-43,45-47,49-54,58H,10,14,17-18,23-26,28H2,1-9H3/t29-,30?,31?,33+,36+,37+,38+,39-,40-,42+,43+,45+,46-,47+,49+,50+,51?,52+,53+/m1/s1. The quantitative estimate of drug-likeness (QED) is 0.190. The lowest BCUT2D eigenvalue weighted by Crippen LogP contribution is -2.59. The van der Waals surface area contributed by atoms with Gasteiger partial charge in [-0.3, -0.25) is 9.59 Å². The van der Waals surface area contributed by atoms with Gasteiger partial charge in [-0.15, -0.1) is 0 Å². The first-order valence-corrected chi connectivity index (χ1v) is 24.9. The number of rotatable bonds is 13. The highest BCUT2D eigenvalue weighted by Gasteiger charge is 2.60. The monoisotopic (exact) mass is 933 g/mol. The Hall–Kier alpha value is -3.44. The second kappa shape index (κ2) is 22.1. The largest absolute Gasteiger partial charge is 0.462 e. The number of aliphatic hydroxyl groups excluding tert-OH is 1. The fraction of sp³-hybridized carbons (Fsp3) is 0.698.